The van der Waals surface area contributed by atoms with Gasteiger partial charge in [0.1, 0.15) is 23.2 Å². The second-order valence-corrected chi connectivity index (χ2v) is 16.5. The van der Waals surface area contributed by atoms with Crippen molar-refractivity contribution in [2.45, 2.75) is 70.1 Å². The van der Waals surface area contributed by atoms with Crippen molar-refractivity contribution in [2.24, 2.45) is 5.92 Å². The molecule has 0 bridgehead atoms. The van der Waals surface area contributed by atoms with Crippen LogP contribution in [0.15, 0.2) is 103 Å². The number of hydrogen-bond donors (Lipinski definition) is 4. The molecule has 320 valence electrons. The molecule has 2 aliphatic rings. The highest BCUT2D eigenvalue weighted by atomic mass is 16.5. The molecule has 4 aromatic carbocycles. The number of likely N-dealkylation sites (tertiary alicyclic amines) is 2. The van der Waals surface area contributed by atoms with E-state index in [0.717, 1.165) is 75.9 Å². The maximum Gasteiger partial charge on any atom is 0.407 e. The first kappa shape index (κ1) is 41.8. The zero-order valence-electron chi connectivity index (χ0n) is 35.6. The normalized spacial score (nSPS) is 17.8. The summed E-state index contributed by atoms with van der Waals surface area (Å²) in [7, 11) is 2.58. The number of carbonyl (C=O) groups is 4. The fraction of sp³-hybridized carbons (Fsp3) is 0.333. The summed E-state index contributed by atoms with van der Waals surface area (Å²) in [4.78, 5) is 72.3. The molecule has 4 amide bonds. The third kappa shape index (κ3) is 8.24. The van der Waals surface area contributed by atoms with Crippen molar-refractivity contribution in [1.29, 1.82) is 0 Å². The number of H-pyrrole nitrogens is 2. The topological polar surface area (TPSA) is 175 Å². The van der Waals surface area contributed by atoms with E-state index in [9.17, 15) is 19.2 Å². The molecule has 2 fully saturated rings. The number of nitrogens with one attached hydrogen (secondary N) is 4. The number of hydrogen-bond acceptors (Lipinski definition) is 8. The van der Waals surface area contributed by atoms with Crippen molar-refractivity contribution in [2.75, 3.05) is 27.3 Å². The lowest BCUT2D eigenvalue weighted by atomic mass is 9.90. The van der Waals surface area contributed by atoms with E-state index < -0.39 is 23.8 Å². The van der Waals surface area contributed by atoms with E-state index in [-0.39, 0.29) is 29.8 Å². The molecule has 4 heterocycles. The van der Waals surface area contributed by atoms with Crippen LogP contribution in [0.5, 0.6) is 0 Å². The average Bonchev–Trinajstić information content (AvgIpc) is 4.15. The van der Waals surface area contributed by atoms with E-state index in [1.54, 1.807) is 18.0 Å². The Morgan fingerprint density at radius 2 is 1.23 bits per heavy atom. The largest absolute Gasteiger partial charge is 0.453 e. The standard InChI is InChI=1S/C48H52N8O6/c1-29(2)41(53-46(59)61-4)44(57)55-23-9-13-39(55)42-50-28-38(52-42)35-22-21-33-25-32(19-20-34(33)26-35)30-15-17-31(18-16-30)37-27-49-43(51-37)40-14-10-24-56(40)45(58)48(3,54-47(60)62-5)36-11-7-6-8-12-36/h6-8,11-12,15-22,25-29,39-41H,9-10,13-14,23-24H2,1-5H3,(H,49,51)(H,50,52)(H,53,59)(H,54,60)/t39-,40-,41-,48+/m0/s1. The van der Waals surface area contributed by atoms with E-state index in [4.69, 9.17) is 19.4 Å². The number of benzene rings is 4. The minimum absolute atomic E-state index is 0.109. The number of rotatable bonds is 11. The van der Waals surface area contributed by atoms with Crippen LogP contribution in [-0.2, 0) is 24.6 Å². The Labute approximate surface area is 360 Å². The zero-order valence-corrected chi connectivity index (χ0v) is 35.6. The number of nitrogens with zero attached hydrogens (tertiary/aromatic N) is 4. The highest BCUT2D eigenvalue weighted by Crippen LogP contribution is 2.37. The van der Waals surface area contributed by atoms with Gasteiger partial charge in [0.15, 0.2) is 0 Å². The minimum Gasteiger partial charge on any atom is -0.453 e. The average molecular weight is 837 g/mol. The molecule has 0 saturated carbocycles. The molecule has 2 aromatic heterocycles. The lowest BCUT2D eigenvalue weighted by Crippen LogP contribution is -2.55. The lowest BCUT2D eigenvalue weighted by Gasteiger charge is -2.35. The van der Waals surface area contributed by atoms with Crippen molar-refractivity contribution in [3.05, 3.63) is 121 Å². The van der Waals surface area contributed by atoms with Crippen molar-refractivity contribution in [3.8, 4) is 33.6 Å². The van der Waals surface area contributed by atoms with Gasteiger partial charge < -0.3 is 39.9 Å². The molecule has 0 aliphatic carbocycles. The van der Waals surface area contributed by atoms with Crippen LogP contribution in [0, 0.1) is 5.92 Å². The summed E-state index contributed by atoms with van der Waals surface area (Å²) in [6.07, 6.45) is 5.50. The molecule has 6 aromatic rings. The minimum atomic E-state index is -1.33. The highest BCUT2D eigenvalue weighted by Gasteiger charge is 2.45. The van der Waals surface area contributed by atoms with Gasteiger partial charge in [-0.2, -0.15) is 0 Å². The molecule has 0 unspecified atom stereocenters. The van der Waals surface area contributed by atoms with E-state index in [2.05, 4.69) is 81.3 Å². The third-order valence-corrected chi connectivity index (χ3v) is 12.3. The summed E-state index contributed by atoms with van der Waals surface area (Å²) in [5.41, 5.74) is 5.16. The Bertz CT molecular complexity index is 2590. The van der Waals surface area contributed by atoms with Crippen molar-refractivity contribution >= 4 is 34.8 Å². The van der Waals surface area contributed by atoms with Crippen LogP contribution in [0.25, 0.3) is 44.4 Å². The highest BCUT2D eigenvalue weighted by molar-refractivity contribution is 5.92. The van der Waals surface area contributed by atoms with Gasteiger partial charge in [0.25, 0.3) is 5.91 Å². The number of ether oxygens (including phenoxy) is 2. The van der Waals surface area contributed by atoms with Crippen molar-refractivity contribution < 1.29 is 28.7 Å². The van der Waals surface area contributed by atoms with E-state index in [1.807, 2.05) is 55.3 Å². The second kappa shape index (κ2) is 17.6. The van der Waals surface area contributed by atoms with E-state index >= 15 is 0 Å². The first-order chi connectivity index (χ1) is 30.0. The molecule has 0 radical (unpaired) electrons. The van der Waals surface area contributed by atoms with Gasteiger partial charge in [0, 0.05) is 18.7 Å². The summed E-state index contributed by atoms with van der Waals surface area (Å²) in [5, 5.41) is 7.68. The van der Waals surface area contributed by atoms with Crippen LogP contribution in [-0.4, -0.2) is 87.1 Å². The lowest BCUT2D eigenvalue weighted by molar-refractivity contribution is -0.139. The fourth-order valence-corrected chi connectivity index (χ4v) is 8.79. The number of aromatic amines is 2. The summed E-state index contributed by atoms with van der Waals surface area (Å²) < 4.78 is 9.67. The Kier molecular flexibility index (Phi) is 11.8. The maximum atomic E-state index is 14.2. The number of methoxy groups -OCH3 is 2. The van der Waals surface area contributed by atoms with Gasteiger partial charge in [0.2, 0.25) is 5.91 Å². The molecular formula is C48H52N8O6. The summed E-state index contributed by atoms with van der Waals surface area (Å²) in [6, 6.07) is 29.1. The van der Waals surface area contributed by atoms with Gasteiger partial charge in [-0.25, -0.2) is 19.6 Å². The summed E-state index contributed by atoms with van der Waals surface area (Å²) >= 11 is 0. The predicted octanol–water partition coefficient (Wildman–Crippen LogP) is 8.27. The fourth-order valence-electron chi connectivity index (χ4n) is 8.79. The first-order valence-electron chi connectivity index (χ1n) is 21.1. The van der Waals surface area contributed by atoms with Gasteiger partial charge >= 0.3 is 12.2 Å². The van der Waals surface area contributed by atoms with Gasteiger partial charge in [-0.3, -0.25) is 9.59 Å². The van der Waals surface area contributed by atoms with Crippen LogP contribution < -0.4 is 10.6 Å². The molecule has 8 rings (SSSR count). The summed E-state index contributed by atoms with van der Waals surface area (Å²) in [6.45, 7) is 6.65. The maximum absolute atomic E-state index is 14.2. The molecular weight excluding hydrogens is 785 g/mol. The number of carbonyl (C=O) groups excluding carboxylic acids is 4. The van der Waals surface area contributed by atoms with Crippen molar-refractivity contribution in [3.63, 3.8) is 0 Å². The monoisotopic (exact) mass is 836 g/mol. The van der Waals surface area contributed by atoms with Gasteiger partial charge in [-0.1, -0.05) is 92.7 Å². The van der Waals surface area contributed by atoms with Crippen LogP contribution in [0.4, 0.5) is 9.59 Å². The number of alkyl carbamates (subject to hydrolysis) is 2. The predicted molar refractivity (Wildman–Crippen MR) is 235 cm³/mol. The smallest absolute Gasteiger partial charge is 0.407 e. The Hall–Kier alpha value is -6.96. The van der Waals surface area contributed by atoms with Gasteiger partial charge in [-0.05, 0) is 83.7 Å². The quantitative estimate of drug-likeness (QED) is 0.101. The second-order valence-electron chi connectivity index (χ2n) is 16.5. The van der Waals surface area contributed by atoms with Crippen LogP contribution in [0.1, 0.15) is 75.8 Å². The van der Waals surface area contributed by atoms with Crippen molar-refractivity contribution in [1.82, 2.24) is 40.4 Å². The Balaban J connectivity index is 0.950. The Morgan fingerprint density at radius 1 is 0.694 bits per heavy atom. The van der Waals surface area contributed by atoms with Crippen LogP contribution >= 0.6 is 0 Å². The Morgan fingerprint density at radius 3 is 1.84 bits per heavy atom. The molecule has 2 saturated heterocycles. The molecule has 62 heavy (non-hydrogen) atoms. The van der Waals surface area contributed by atoms with E-state index in [0.29, 0.717) is 24.5 Å². The molecule has 0 spiro atoms. The molecule has 4 N–H and O–H groups in total. The summed E-state index contributed by atoms with van der Waals surface area (Å²) in [5.74, 6) is 0.948. The molecule has 14 nitrogen and oxygen atoms in total. The number of imidazole rings is 2. The van der Waals surface area contributed by atoms with Gasteiger partial charge in [-0.15, -0.1) is 0 Å². The molecule has 14 heteroatoms. The van der Waals surface area contributed by atoms with Gasteiger partial charge in [0.05, 0.1) is 50.1 Å². The first-order valence-corrected chi connectivity index (χ1v) is 21.1. The van der Waals surface area contributed by atoms with Crippen LogP contribution in [0.2, 0.25) is 0 Å². The number of fused-ring (bicyclic) bond motifs is 1. The SMILES string of the molecule is COC(=O)N[C@H](C(=O)N1CCC[C@H]1c1ncc(-c2ccc3cc(-c4ccc(-c5cnc([C@@H]6CCCN6C(=O)[C@](C)(NC(=O)OC)c6ccccc6)[nH]5)cc4)ccc3c2)[nH]1)C(C)C. The molecule has 4 atom stereocenters. The number of amides is 4. The molecule has 2 aliphatic heterocycles. The van der Waals surface area contributed by atoms with Crippen LogP contribution in [0.3, 0.4) is 0 Å². The third-order valence-electron chi connectivity index (χ3n) is 12.3. The van der Waals surface area contributed by atoms with E-state index in [1.165, 1.54) is 14.2 Å². The number of aromatic nitrogens is 4. The zero-order chi connectivity index (χ0) is 43.5.